The van der Waals surface area contributed by atoms with E-state index in [9.17, 15) is 9.59 Å². The molecule has 0 fully saturated rings. The van der Waals surface area contributed by atoms with E-state index >= 15 is 0 Å². The van der Waals surface area contributed by atoms with Crippen molar-refractivity contribution in [2.24, 2.45) is 0 Å². The number of nitrogens with zero attached hydrogens (tertiary/aromatic N) is 1. The average Bonchev–Trinajstić information content (AvgIpc) is 2.27. The Bertz CT molecular complexity index is 474. The second-order valence-corrected chi connectivity index (χ2v) is 5.28. The number of carboxylic acid groups (broad SMARTS) is 1. The molecule has 2 amide bonds. The van der Waals surface area contributed by atoms with Crippen LogP contribution in [-0.4, -0.2) is 34.6 Å². The molecule has 0 spiro atoms. The summed E-state index contributed by atoms with van der Waals surface area (Å²) in [6, 6.07) is 6.60. The van der Waals surface area contributed by atoms with Gasteiger partial charge in [0.1, 0.15) is 5.54 Å². The fraction of sp³-hybridized carbons (Fsp3) is 0.333. The minimum Gasteiger partial charge on any atom is -0.480 e. The molecule has 0 unspecified atom stereocenters. The Morgan fingerprint density at radius 3 is 2.50 bits per heavy atom. The van der Waals surface area contributed by atoms with Crippen molar-refractivity contribution in [3.63, 3.8) is 0 Å². The Morgan fingerprint density at radius 2 is 2.00 bits per heavy atom. The van der Waals surface area contributed by atoms with E-state index in [1.54, 1.807) is 18.2 Å². The van der Waals surface area contributed by atoms with E-state index in [4.69, 9.17) is 5.11 Å². The minimum absolute atomic E-state index is 0.472. The van der Waals surface area contributed by atoms with Gasteiger partial charge >= 0.3 is 12.0 Å². The maximum absolute atomic E-state index is 11.9. The van der Waals surface area contributed by atoms with E-state index in [-0.39, 0.29) is 0 Å². The monoisotopic (exact) mass is 314 g/mol. The van der Waals surface area contributed by atoms with E-state index < -0.39 is 17.5 Å². The van der Waals surface area contributed by atoms with Crippen LogP contribution in [0.15, 0.2) is 28.7 Å². The molecule has 18 heavy (non-hydrogen) atoms. The van der Waals surface area contributed by atoms with Crippen molar-refractivity contribution in [1.82, 2.24) is 4.90 Å². The molecular weight excluding hydrogens is 300 g/mol. The Balaban J connectivity index is 2.80. The van der Waals surface area contributed by atoms with Crippen LogP contribution in [0.4, 0.5) is 10.5 Å². The van der Waals surface area contributed by atoms with Crippen LogP contribution in [0.5, 0.6) is 0 Å². The van der Waals surface area contributed by atoms with Gasteiger partial charge in [0, 0.05) is 17.2 Å². The second-order valence-electron chi connectivity index (χ2n) is 4.36. The van der Waals surface area contributed by atoms with Crippen molar-refractivity contribution in [1.29, 1.82) is 0 Å². The van der Waals surface area contributed by atoms with Gasteiger partial charge in [0.15, 0.2) is 0 Å². The summed E-state index contributed by atoms with van der Waals surface area (Å²) < 4.78 is 0.834. The predicted octanol–water partition coefficient (Wildman–Crippen LogP) is 2.78. The quantitative estimate of drug-likeness (QED) is 0.901. The van der Waals surface area contributed by atoms with Gasteiger partial charge in [0.2, 0.25) is 0 Å². The van der Waals surface area contributed by atoms with E-state index in [1.165, 1.54) is 20.9 Å². The first-order chi connectivity index (χ1) is 8.25. The molecule has 6 heteroatoms. The molecule has 98 valence electrons. The van der Waals surface area contributed by atoms with Crippen LogP contribution in [0, 0.1) is 0 Å². The molecule has 1 rings (SSSR count). The molecule has 0 aliphatic rings. The van der Waals surface area contributed by atoms with E-state index in [1.807, 2.05) is 6.07 Å². The van der Waals surface area contributed by atoms with E-state index in [0.29, 0.717) is 5.69 Å². The zero-order valence-electron chi connectivity index (χ0n) is 10.4. The molecule has 0 bridgehead atoms. The molecule has 5 nitrogen and oxygen atoms in total. The van der Waals surface area contributed by atoms with Gasteiger partial charge in [0.25, 0.3) is 0 Å². The number of carbonyl (C=O) groups excluding carboxylic acids is 1. The van der Waals surface area contributed by atoms with Crippen molar-refractivity contribution in [3.8, 4) is 0 Å². The van der Waals surface area contributed by atoms with Crippen LogP contribution in [0.25, 0.3) is 0 Å². The zero-order chi connectivity index (χ0) is 13.9. The summed E-state index contributed by atoms with van der Waals surface area (Å²) >= 11 is 3.29. The number of carboxylic acids is 1. The lowest BCUT2D eigenvalue weighted by molar-refractivity contribution is -0.146. The predicted molar refractivity (Wildman–Crippen MR) is 72.6 cm³/mol. The summed E-state index contributed by atoms with van der Waals surface area (Å²) in [7, 11) is 1.45. The van der Waals surface area contributed by atoms with Crippen molar-refractivity contribution < 1.29 is 14.7 Å². The lowest BCUT2D eigenvalue weighted by Gasteiger charge is -2.31. The van der Waals surface area contributed by atoms with Gasteiger partial charge in [-0.25, -0.2) is 9.59 Å². The van der Waals surface area contributed by atoms with Gasteiger partial charge in [0.05, 0.1) is 0 Å². The maximum atomic E-state index is 11.9. The standard InChI is InChI=1S/C12H15BrN2O3/c1-12(2,10(16)17)15(3)11(18)14-9-6-4-5-8(13)7-9/h4-7H,1-3H3,(H,14,18)(H,16,17). The van der Waals surface area contributed by atoms with Crippen LogP contribution in [0.1, 0.15) is 13.8 Å². The second kappa shape index (κ2) is 5.39. The van der Waals surface area contributed by atoms with Crippen LogP contribution in [-0.2, 0) is 4.79 Å². The number of amides is 2. The van der Waals surface area contributed by atoms with Crippen LogP contribution < -0.4 is 5.32 Å². The molecule has 1 aromatic carbocycles. The first-order valence-corrected chi connectivity index (χ1v) is 6.08. The number of nitrogens with one attached hydrogen (secondary N) is 1. The van der Waals surface area contributed by atoms with E-state index in [0.717, 1.165) is 9.37 Å². The number of anilines is 1. The Hall–Kier alpha value is -1.56. The van der Waals surface area contributed by atoms with Crippen molar-refractivity contribution in [2.45, 2.75) is 19.4 Å². The third-order valence-electron chi connectivity index (χ3n) is 2.74. The number of urea groups is 1. The highest BCUT2D eigenvalue weighted by Gasteiger charge is 2.35. The molecule has 0 saturated heterocycles. The molecule has 0 radical (unpaired) electrons. The average molecular weight is 315 g/mol. The number of halogens is 1. The smallest absolute Gasteiger partial charge is 0.329 e. The molecule has 0 saturated carbocycles. The molecule has 1 aromatic rings. The molecule has 0 aromatic heterocycles. The SMILES string of the molecule is CN(C(=O)Nc1cccc(Br)c1)C(C)(C)C(=O)O. The number of likely N-dealkylation sites (N-methyl/N-ethyl adjacent to an activating group) is 1. The van der Waals surface area contributed by atoms with E-state index in [2.05, 4.69) is 21.2 Å². The van der Waals surface area contributed by atoms with Gasteiger partial charge in [-0.1, -0.05) is 22.0 Å². The first-order valence-electron chi connectivity index (χ1n) is 5.29. The highest BCUT2D eigenvalue weighted by atomic mass is 79.9. The molecular formula is C12H15BrN2O3. The number of benzene rings is 1. The summed E-state index contributed by atoms with van der Waals surface area (Å²) in [6.07, 6.45) is 0. The fourth-order valence-electron chi connectivity index (χ4n) is 1.17. The molecule has 0 heterocycles. The normalized spacial score (nSPS) is 10.9. The number of rotatable bonds is 3. The van der Waals surface area contributed by atoms with Gasteiger partial charge < -0.3 is 15.3 Å². The number of aliphatic carboxylic acids is 1. The topological polar surface area (TPSA) is 69.6 Å². The van der Waals surface area contributed by atoms with Crippen LogP contribution in [0.2, 0.25) is 0 Å². The summed E-state index contributed by atoms with van der Waals surface area (Å²) in [6.45, 7) is 2.94. The largest absolute Gasteiger partial charge is 0.480 e. The number of carbonyl (C=O) groups is 2. The summed E-state index contributed by atoms with van der Waals surface area (Å²) in [4.78, 5) is 24.1. The van der Waals surface area contributed by atoms with Crippen molar-refractivity contribution in [2.75, 3.05) is 12.4 Å². The molecule has 0 aliphatic heterocycles. The van der Waals surface area contributed by atoms with Gasteiger partial charge in [-0.2, -0.15) is 0 Å². The Morgan fingerprint density at radius 1 is 1.39 bits per heavy atom. The Labute approximate surface area is 114 Å². The zero-order valence-corrected chi connectivity index (χ0v) is 12.0. The van der Waals surface area contributed by atoms with Crippen molar-refractivity contribution >= 4 is 33.6 Å². The summed E-state index contributed by atoms with van der Waals surface area (Å²) in [5, 5.41) is 11.7. The Kier molecular flexibility index (Phi) is 4.34. The highest BCUT2D eigenvalue weighted by molar-refractivity contribution is 9.10. The summed E-state index contributed by atoms with van der Waals surface area (Å²) in [5.74, 6) is -1.06. The molecule has 2 N–H and O–H groups in total. The van der Waals surface area contributed by atoms with Gasteiger partial charge in [-0.15, -0.1) is 0 Å². The fourth-order valence-corrected chi connectivity index (χ4v) is 1.57. The van der Waals surface area contributed by atoms with Crippen molar-refractivity contribution in [3.05, 3.63) is 28.7 Å². The lowest BCUT2D eigenvalue weighted by atomic mass is 10.1. The van der Waals surface area contributed by atoms with Crippen LogP contribution >= 0.6 is 15.9 Å². The van der Waals surface area contributed by atoms with Crippen LogP contribution in [0.3, 0.4) is 0 Å². The minimum atomic E-state index is -1.27. The first kappa shape index (κ1) is 14.5. The molecule has 0 aliphatic carbocycles. The third kappa shape index (κ3) is 3.22. The molecule has 0 atom stereocenters. The summed E-state index contributed by atoms with van der Waals surface area (Å²) in [5.41, 5.74) is -0.668. The highest BCUT2D eigenvalue weighted by Crippen LogP contribution is 2.18. The van der Waals surface area contributed by atoms with Gasteiger partial charge in [-0.05, 0) is 32.0 Å². The maximum Gasteiger partial charge on any atom is 0.329 e. The number of hydrogen-bond acceptors (Lipinski definition) is 2. The van der Waals surface area contributed by atoms with Gasteiger partial charge in [-0.3, -0.25) is 0 Å². The number of hydrogen-bond donors (Lipinski definition) is 2. The lowest BCUT2D eigenvalue weighted by Crippen LogP contribution is -2.52. The third-order valence-corrected chi connectivity index (χ3v) is 3.24.